The average Bonchev–Trinajstić information content (AvgIpc) is 3.15. The lowest BCUT2D eigenvalue weighted by molar-refractivity contribution is 0.333. The van der Waals surface area contributed by atoms with Crippen LogP contribution in [0.15, 0.2) is 47.4 Å². The van der Waals surface area contributed by atoms with Crippen molar-refractivity contribution in [2.24, 2.45) is 17.8 Å². The van der Waals surface area contributed by atoms with Gasteiger partial charge in [-0.2, -0.15) is 0 Å². The van der Waals surface area contributed by atoms with Gasteiger partial charge in [0.15, 0.2) is 0 Å². The van der Waals surface area contributed by atoms with E-state index in [2.05, 4.69) is 4.72 Å². The van der Waals surface area contributed by atoms with Gasteiger partial charge in [-0.25, -0.2) is 13.1 Å². The van der Waals surface area contributed by atoms with Gasteiger partial charge in [-0.15, -0.1) is 0 Å². The van der Waals surface area contributed by atoms with Crippen LogP contribution in [0, 0.1) is 17.8 Å². The van der Waals surface area contributed by atoms with Crippen LogP contribution in [0.4, 0.5) is 0 Å². The maximum absolute atomic E-state index is 12.5. The van der Waals surface area contributed by atoms with Gasteiger partial charge in [-0.3, -0.25) is 0 Å². The Labute approximate surface area is 131 Å². The topological polar surface area (TPSA) is 46.2 Å². The van der Waals surface area contributed by atoms with E-state index in [1.165, 1.54) is 25.7 Å². The number of hydrogen-bond donors (Lipinski definition) is 1. The summed E-state index contributed by atoms with van der Waals surface area (Å²) in [4.78, 5) is 0.370. The molecule has 2 fully saturated rings. The van der Waals surface area contributed by atoms with Crippen molar-refractivity contribution in [2.45, 2.75) is 30.6 Å². The second-order valence-corrected chi connectivity index (χ2v) is 8.56. The Morgan fingerprint density at radius 3 is 2.55 bits per heavy atom. The van der Waals surface area contributed by atoms with Gasteiger partial charge >= 0.3 is 0 Å². The third-order valence-electron chi connectivity index (χ3n) is 5.45. The summed E-state index contributed by atoms with van der Waals surface area (Å²) in [6.07, 6.45) is 5.14. The summed E-state index contributed by atoms with van der Waals surface area (Å²) in [6, 6.07) is 13.2. The maximum Gasteiger partial charge on any atom is 0.240 e. The first-order valence-corrected chi connectivity index (χ1v) is 9.58. The second-order valence-electron chi connectivity index (χ2n) is 6.80. The molecule has 4 heteroatoms. The van der Waals surface area contributed by atoms with Crippen LogP contribution in [-0.4, -0.2) is 15.0 Å². The lowest BCUT2D eigenvalue weighted by atomic mass is 9.89. The highest BCUT2D eigenvalue weighted by atomic mass is 32.2. The number of fused-ring (bicyclic) bond motifs is 3. The molecule has 0 heterocycles. The molecule has 3 nitrogen and oxygen atoms in total. The Bertz CT molecular complexity index is 800. The van der Waals surface area contributed by atoms with Gasteiger partial charge in [0, 0.05) is 6.54 Å². The van der Waals surface area contributed by atoms with Crippen LogP contribution in [-0.2, 0) is 10.0 Å². The highest BCUT2D eigenvalue weighted by molar-refractivity contribution is 7.89. The van der Waals surface area contributed by atoms with Crippen molar-refractivity contribution >= 4 is 20.8 Å². The quantitative estimate of drug-likeness (QED) is 0.938. The van der Waals surface area contributed by atoms with Crippen molar-refractivity contribution in [1.29, 1.82) is 0 Å². The number of sulfonamides is 1. The van der Waals surface area contributed by atoms with Crippen molar-refractivity contribution in [1.82, 2.24) is 4.72 Å². The monoisotopic (exact) mass is 315 g/mol. The molecule has 3 atom stereocenters. The van der Waals surface area contributed by atoms with Crippen LogP contribution < -0.4 is 4.72 Å². The predicted octanol–water partition coefficient (Wildman–Crippen LogP) is 3.55. The minimum Gasteiger partial charge on any atom is -0.211 e. The van der Waals surface area contributed by atoms with Crippen molar-refractivity contribution in [3.05, 3.63) is 42.5 Å². The normalized spacial score (nSPS) is 27.5. The molecular weight excluding hydrogens is 294 g/mol. The molecule has 0 unspecified atom stereocenters. The summed E-state index contributed by atoms with van der Waals surface area (Å²) in [5.41, 5.74) is 0. The summed E-state index contributed by atoms with van der Waals surface area (Å²) in [5.74, 6) is 2.12. The molecule has 22 heavy (non-hydrogen) atoms. The minimum atomic E-state index is -3.41. The van der Waals surface area contributed by atoms with E-state index in [9.17, 15) is 8.42 Å². The molecule has 0 saturated heterocycles. The fourth-order valence-corrected chi connectivity index (χ4v) is 5.39. The van der Waals surface area contributed by atoms with E-state index in [0.717, 1.165) is 22.6 Å². The molecule has 2 aliphatic rings. The Balaban J connectivity index is 1.52. The molecule has 2 saturated carbocycles. The van der Waals surface area contributed by atoms with E-state index in [1.807, 2.05) is 30.3 Å². The molecule has 0 radical (unpaired) electrons. The zero-order valence-corrected chi connectivity index (χ0v) is 13.4. The maximum atomic E-state index is 12.5. The van der Waals surface area contributed by atoms with Crippen LogP contribution in [0.1, 0.15) is 25.7 Å². The molecule has 0 aliphatic heterocycles. The Kier molecular flexibility index (Phi) is 3.46. The first-order chi connectivity index (χ1) is 10.6. The van der Waals surface area contributed by atoms with Crippen LogP contribution >= 0.6 is 0 Å². The molecule has 2 bridgehead atoms. The summed E-state index contributed by atoms with van der Waals surface area (Å²) >= 11 is 0. The number of benzene rings is 2. The molecule has 2 aromatic carbocycles. The van der Waals surface area contributed by atoms with Crippen molar-refractivity contribution in [3.8, 4) is 0 Å². The van der Waals surface area contributed by atoms with Gasteiger partial charge in [0.05, 0.1) is 4.90 Å². The third kappa shape index (κ3) is 2.55. The van der Waals surface area contributed by atoms with Gasteiger partial charge in [0.2, 0.25) is 10.0 Å². The van der Waals surface area contributed by atoms with Crippen LogP contribution in [0.25, 0.3) is 10.8 Å². The van der Waals surface area contributed by atoms with E-state index in [4.69, 9.17) is 0 Å². The summed E-state index contributed by atoms with van der Waals surface area (Å²) in [5, 5.41) is 2.03. The van der Waals surface area contributed by atoms with E-state index in [0.29, 0.717) is 17.4 Å². The molecule has 0 amide bonds. The molecule has 0 aromatic heterocycles. The number of nitrogens with one attached hydrogen (secondary N) is 1. The fourth-order valence-electron chi connectivity index (χ4n) is 4.26. The third-order valence-corrected chi connectivity index (χ3v) is 6.87. The molecule has 1 N–H and O–H groups in total. The van der Waals surface area contributed by atoms with Gasteiger partial charge in [-0.1, -0.05) is 36.8 Å². The first kappa shape index (κ1) is 14.2. The van der Waals surface area contributed by atoms with E-state index in [-0.39, 0.29) is 0 Å². The van der Waals surface area contributed by atoms with E-state index < -0.39 is 10.0 Å². The second kappa shape index (κ2) is 5.36. The standard InChI is InChI=1S/C18H21NO2S/c20-22(21,19-12-17-10-13-5-6-16(17)9-13)18-8-7-14-3-1-2-4-15(14)11-18/h1-4,7-8,11,13,16-17,19H,5-6,9-10,12H2/t13-,16+,17-/m0/s1. The highest BCUT2D eigenvalue weighted by Crippen LogP contribution is 2.48. The van der Waals surface area contributed by atoms with Crippen molar-refractivity contribution in [3.63, 3.8) is 0 Å². The summed E-state index contributed by atoms with van der Waals surface area (Å²) in [6.45, 7) is 0.594. The molecule has 2 aliphatic carbocycles. The van der Waals surface area contributed by atoms with Gasteiger partial charge in [0.25, 0.3) is 0 Å². The van der Waals surface area contributed by atoms with Crippen LogP contribution in [0.3, 0.4) is 0 Å². The SMILES string of the molecule is O=S(=O)(NC[C@@H]1C[C@H]2CC[C@@H]1C2)c1ccc2ccccc2c1. The van der Waals surface area contributed by atoms with Gasteiger partial charge < -0.3 is 0 Å². The molecule has 4 rings (SSSR count). The average molecular weight is 315 g/mol. The van der Waals surface area contributed by atoms with Crippen LogP contribution in [0.2, 0.25) is 0 Å². The minimum absolute atomic E-state index is 0.370. The number of hydrogen-bond acceptors (Lipinski definition) is 2. The Morgan fingerprint density at radius 1 is 1.00 bits per heavy atom. The van der Waals surface area contributed by atoms with E-state index >= 15 is 0 Å². The largest absolute Gasteiger partial charge is 0.240 e. The lowest BCUT2D eigenvalue weighted by Crippen LogP contribution is -2.31. The molecule has 116 valence electrons. The fraction of sp³-hybridized carbons (Fsp3) is 0.444. The lowest BCUT2D eigenvalue weighted by Gasteiger charge is -2.21. The van der Waals surface area contributed by atoms with Gasteiger partial charge in [-0.05, 0) is 59.9 Å². The summed E-state index contributed by atoms with van der Waals surface area (Å²) in [7, 11) is -3.41. The molecule has 0 spiro atoms. The Morgan fingerprint density at radius 2 is 1.82 bits per heavy atom. The molecule has 2 aromatic rings. The zero-order chi connectivity index (χ0) is 15.2. The van der Waals surface area contributed by atoms with Gasteiger partial charge in [0.1, 0.15) is 0 Å². The van der Waals surface area contributed by atoms with E-state index in [1.54, 1.807) is 12.1 Å². The zero-order valence-electron chi connectivity index (χ0n) is 12.5. The number of rotatable bonds is 4. The summed E-state index contributed by atoms with van der Waals surface area (Å²) < 4.78 is 27.9. The first-order valence-electron chi connectivity index (χ1n) is 8.10. The van der Waals surface area contributed by atoms with Crippen molar-refractivity contribution < 1.29 is 8.42 Å². The van der Waals surface area contributed by atoms with Crippen LogP contribution in [0.5, 0.6) is 0 Å². The Hall–Kier alpha value is -1.39. The highest BCUT2D eigenvalue weighted by Gasteiger charge is 2.39. The smallest absolute Gasteiger partial charge is 0.211 e. The van der Waals surface area contributed by atoms with Crippen molar-refractivity contribution in [2.75, 3.05) is 6.54 Å². The molecular formula is C18H21NO2S. The predicted molar refractivity (Wildman–Crippen MR) is 88.1 cm³/mol.